The molecule has 2 heterocycles. The van der Waals surface area contributed by atoms with Crippen molar-refractivity contribution in [1.82, 2.24) is 4.40 Å². The number of aromatic nitrogens is 1. The van der Waals surface area contributed by atoms with E-state index in [4.69, 9.17) is 14.2 Å². The summed E-state index contributed by atoms with van der Waals surface area (Å²) in [6.45, 7) is 9.71. The van der Waals surface area contributed by atoms with E-state index in [2.05, 4.69) is 0 Å². The minimum absolute atomic E-state index is 0.0931. The van der Waals surface area contributed by atoms with Gasteiger partial charge in [0.15, 0.2) is 0 Å². The van der Waals surface area contributed by atoms with Gasteiger partial charge in [-0.15, -0.1) is 0 Å². The number of pyridine rings is 1. The van der Waals surface area contributed by atoms with Crippen LogP contribution in [0.5, 0.6) is 0 Å². The lowest BCUT2D eigenvalue weighted by atomic mass is 10.1. The maximum Gasteiger partial charge on any atom is 0.356 e. The van der Waals surface area contributed by atoms with E-state index in [0.717, 1.165) is 11.1 Å². The number of nitrogens with zero attached hydrogens (tertiary/aromatic N) is 1. The normalized spacial score (nSPS) is 11.1. The van der Waals surface area contributed by atoms with E-state index < -0.39 is 11.9 Å². The molecule has 0 aliphatic carbocycles. The molecular weight excluding hydrogens is 406 g/mol. The van der Waals surface area contributed by atoms with Crippen molar-refractivity contribution in [3.8, 4) is 0 Å². The Balaban J connectivity index is 2.64. The highest BCUT2D eigenvalue weighted by Gasteiger charge is 2.30. The first kappa shape index (κ1) is 23.5. The maximum atomic E-state index is 12.8. The number of ether oxygens (including phenoxy) is 3. The first-order chi connectivity index (χ1) is 14.3. The predicted molar refractivity (Wildman–Crippen MR) is 115 cm³/mol. The standard InChI is InChI=1S/C22H27NO6S/c1-6-27-16(24)10-9-11-30-20-17(21(25)28-7-2)18-15(5)12-14(4)13-23(18)19(20)22(26)29-8-3/h9,11-13H,6-8,10H2,1-5H3/b11-9-. The molecule has 0 fully saturated rings. The SMILES string of the molecule is CCOC(=O)C/C=C\Sc1c(C(=O)OCC)c2c(C)cc(C)cn2c1C(=O)OCC. The summed E-state index contributed by atoms with van der Waals surface area (Å²) in [5.41, 5.74) is 2.94. The third kappa shape index (κ3) is 5.24. The van der Waals surface area contributed by atoms with Crippen LogP contribution >= 0.6 is 11.8 Å². The molecule has 0 spiro atoms. The van der Waals surface area contributed by atoms with Crippen molar-refractivity contribution >= 4 is 35.2 Å². The fraction of sp³-hybridized carbons (Fsp3) is 0.409. The largest absolute Gasteiger partial charge is 0.466 e. The van der Waals surface area contributed by atoms with Crippen LogP contribution in [-0.4, -0.2) is 42.1 Å². The van der Waals surface area contributed by atoms with Gasteiger partial charge in [-0.25, -0.2) is 9.59 Å². The van der Waals surface area contributed by atoms with Crippen molar-refractivity contribution in [2.75, 3.05) is 19.8 Å². The van der Waals surface area contributed by atoms with Crippen LogP contribution in [0.15, 0.2) is 28.6 Å². The molecule has 0 radical (unpaired) electrons. The summed E-state index contributed by atoms with van der Waals surface area (Å²) < 4.78 is 17.1. The Hall–Kier alpha value is -2.74. The molecule has 0 saturated carbocycles. The second-order valence-electron chi connectivity index (χ2n) is 6.41. The number of rotatable bonds is 9. The van der Waals surface area contributed by atoms with E-state index in [1.165, 1.54) is 11.8 Å². The highest BCUT2D eigenvalue weighted by atomic mass is 32.2. The highest BCUT2D eigenvalue weighted by Crippen LogP contribution is 2.36. The molecule has 162 valence electrons. The second kappa shape index (κ2) is 10.9. The summed E-state index contributed by atoms with van der Waals surface area (Å²) in [5, 5.41) is 1.67. The van der Waals surface area contributed by atoms with Crippen molar-refractivity contribution in [1.29, 1.82) is 0 Å². The summed E-state index contributed by atoms with van der Waals surface area (Å²) >= 11 is 1.17. The summed E-state index contributed by atoms with van der Waals surface area (Å²) in [7, 11) is 0. The third-order valence-electron chi connectivity index (χ3n) is 4.13. The van der Waals surface area contributed by atoms with Crippen molar-refractivity contribution in [2.24, 2.45) is 0 Å². The average molecular weight is 434 g/mol. The topological polar surface area (TPSA) is 83.3 Å². The summed E-state index contributed by atoms with van der Waals surface area (Å²) in [6, 6.07) is 1.94. The lowest BCUT2D eigenvalue weighted by molar-refractivity contribution is -0.142. The Morgan fingerprint density at radius 1 is 1.00 bits per heavy atom. The number of aryl methyl sites for hydroxylation is 2. The van der Waals surface area contributed by atoms with Gasteiger partial charge in [0.1, 0.15) is 11.3 Å². The van der Waals surface area contributed by atoms with Crippen LogP contribution in [0.2, 0.25) is 0 Å². The minimum Gasteiger partial charge on any atom is -0.466 e. The van der Waals surface area contributed by atoms with Crippen LogP contribution in [-0.2, 0) is 19.0 Å². The zero-order valence-corrected chi connectivity index (χ0v) is 18.8. The van der Waals surface area contributed by atoms with Gasteiger partial charge in [0.05, 0.1) is 36.7 Å². The smallest absolute Gasteiger partial charge is 0.356 e. The highest BCUT2D eigenvalue weighted by molar-refractivity contribution is 8.02. The Bertz CT molecular complexity index is 976. The van der Waals surface area contributed by atoms with Gasteiger partial charge >= 0.3 is 17.9 Å². The monoisotopic (exact) mass is 433 g/mol. The fourth-order valence-electron chi connectivity index (χ4n) is 3.11. The number of carbonyl (C=O) groups is 3. The molecule has 0 saturated heterocycles. The van der Waals surface area contributed by atoms with Crippen LogP contribution in [0.3, 0.4) is 0 Å². The Morgan fingerprint density at radius 2 is 1.63 bits per heavy atom. The van der Waals surface area contributed by atoms with E-state index >= 15 is 0 Å². The molecule has 2 aromatic rings. The molecule has 8 heteroatoms. The van der Waals surface area contributed by atoms with Crippen molar-refractivity contribution in [3.05, 3.63) is 46.1 Å². The van der Waals surface area contributed by atoms with Crippen LogP contribution in [0, 0.1) is 13.8 Å². The van der Waals surface area contributed by atoms with E-state index in [1.54, 1.807) is 42.9 Å². The molecule has 0 N–H and O–H groups in total. The van der Waals surface area contributed by atoms with Crippen LogP contribution < -0.4 is 0 Å². The van der Waals surface area contributed by atoms with Gasteiger partial charge in [0.25, 0.3) is 0 Å². The van der Waals surface area contributed by atoms with Gasteiger partial charge in [-0.05, 0) is 51.2 Å². The van der Waals surface area contributed by atoms with Gasteiger partial charge in [0, 0.05) is 6.20 Å². The first-order valence-electron chi connectivity index (χ1n) is 9.82. The number of hydrogen-bond donors (Lipinski definition) is 0. The Kier molecular flexibility index (Phi) is 8.53. The lowest BCUT2D eigenvalue weighted by Gasteiger charge is -2.07. The molecule has 2 rings (SSSR count). The average Bonchev–Trinajstić information content (AvgIpc) is 3.00. The number of carbonyl (C=O) groups excluding carboxylic acids is 3. The van der Waals surface area contributed by atoms with Crippen molar-refractivity contribution in [2.45, 2.75) is 45.9 Å². The molecule has 0 aromatic carbocycles. The summed E-state index contributed by atoms with van der Waals surface area (Å²) in [4.78, 5) is 37.6. The van der Waals surface area contributed by atoms with Gasteiger partial charge in [0.2, 0.25) is 0 Å². The number of thioether (sulfide) groups is 1. The zero-order chi connectivity index (χ0) is 22.3. The fourth-order valence-corrected chi connectivity index (χ4v) is 4.03. The van der Waals surface area contributed by atoms with Gasteiger partial charge < -0.3 is 18.6 Å². The molecular formula is C22H27NO6S. The van der Waals surface area contributed by atoms with Crippen LogP contribution in [0.25, 0.3) is 5.52 Å². The molecule has 0 bridgehead atoms. The van der Waals surface area contributed by atoms with Crippen LogP contribution in [0.1, 0.15) is 59.2 Å². The first-order valence-corrected chi connectivity index (χ1v) is 10.7. The van der Waals surface area contributed by atoms with E-state index in [0.29, 0.717) is 22.6 Å². The lowest BCUT2D eigenvalue weighted by Crippen LogP contribution is -2.09. The molecule has 30 heavy (non-hydrogen) atoms. The van der Waals surface area contributed by atoms with E-state index in [9.17, 15) is 14.4 Å². The van der Waals surface area contributed by atoms with Gasteiger partial charge in [-0.2, -0.15) is 0 Å². The third-order valence-corrected chi connectivity index (χ3v) is 5.09. The van der Waals surface area contributed by atoms with Crippen LogP contribution in [0.4, 0.5) is 0 Å². The number of hydrogen-bond acceptors (Lipinski definition) is 7. The van der Waals surface area contributed by atoms with Gasteiger partial charge in [-0.1, -0.05) is 23.9 Å². The Labute approximate surface area is 180 Å². The minimum atomic E-state index is -0.533. The van der Waals surface area contributed by atoms with Crippen molar-refractivity contribution in [3.63, 3.8) is 0 Å². The summed E-state index contributed by atoms with van der Waals surface area (Å²) in [6.07, 6.45) is 3.52. The predicted octanol–water partition coefficient (Wildman–Crippen LogP) is 4.47. The number of fused-ring (bicyclic) bond motifs is 1. The molecule has 0 unspecified atom stereocenters. The maximum absolute atomic E-state index is 12.8. The van der Waals surface area contributed by atoms with E-state index in [1.807, 2.05) is 19.9 Å². The zero-order valence-electron chi connectivity index (χ0n) is 17.9. The molecule has 0 aliphatic rings. The molecule has 0 atom stereocenters. The van der Waals surface area contributed by atoms with E-state index in [-0.39, 0.29) is 31.3 Å². The van der Waals surface area contributed by atoms with Crippen molar-refractivity contribution < 1.29 is 28.6 Å². The second-order valence-corrected chi connectivity index (χ2v) is 7.33. The Morgan fingerprint density at radius 3 is 2.27 bits per heavy atom. The molecule has 7 nitrogen and oxygen atoms in total. The molecule has 0 aliphatic heterocycles. The van der Waals surface area contributed by atoms with Gasteiger partial charge in [-0.3, -0.25) is 4.79 Å². The number of esters is 3. The summed E-state index contributed by atoms with van der Waals surface area (Å²) in [5.74, 6) is -1.40. The molecule has 2 aromatic heterocycles. The quantitative estimate of drug-likeness (QED) is 0.328. The molecule has 0 amide bonds.